The molecule has 11 aromatic rings. The summed E-state index contributed by atoms with van der Waals surface area (Å²) in [4.78, 5) is 10.5. The van der Waals surface area contributed by atoms with Crippen molar-refractivity contribution >= 4 is 63.8 Å². The fourth-order valence-electron chi connectivity index (χ4n) is 8.15. The van der Waals surface area contributed by atoms with Crippen LogP contribution in [0, 0.1) is 0 Å². The van der Waals surface area contributed by atoms with Crippen LogP contribution in [0.3, 0.4) is 0 Å². The highest BCUT2D eigenvalue weighted by Crippen LogP contribution is 2.46. The third-order valence-corrected chi connectivity index (χ3v) is 11.9. The van der Waals surface area contributed by atoms with E-state index >= 15 is 0 Å². The monoisotopic (exact) mass is 690 g/mol. The van der Waals surface area contributed by atoms with E-state index in [4.69, 9.17) is 9.97 Å². The molecule has 9 aromatic carbocycles. The maximum absolute atomic E-state index is 5.34. The highest BCUT2D eigenvalue weighted by Gasteiger charge is 2.20. The van der Waals surface area contributed by atoms with E-state index in [0.717, 1.165) is 45.0 Å². The summed E-state index contributed by atoms with van der Waals surface area (Å²) in [6.45, 7) is 0. The van der Waals surface area contributed by atoms with Crippen molar-refractivity contribution in [2.24, 2.45) is 0 Å². The van der Waals surface area contributed by atoms with Gasteiger partial charge < -0.3 is 0 Å². The van der Waals surface area contributed by atoms with E-state index < -0.39 is 0 Å². The number of thiophene rings is 1. The lowest BCUT2D eigenvalue weighted by Gasteiger charge is -2.16. The zero-order valence-corrected chi connectivity index (χ0v) is 29.4. The minimum Gasteiger partial charge on any atom is -0.228 e. The first kappa shape index (κ1) is 30.0. The maximum atomic E-state index is 5.34. The fraction of sp³-hybridized carbons (Fsp3) is 0. The number of hydrogen-bond acceptors (Lipinski definition) is 3. The Hall–Kier alpha value is -6.68. The van der Waals surface area contributed by atoms with Gasteiger partial charge in [-0.15, -0.1) is 11.3 Å². The second-order valence-electron chi connectivity index (χ2n) is 13.7. The summed E-state index contributed by atoms with van der Waals surface area (Å²) in [5.74, 6) is 0.718. The number of nitrogens with zero attached hydrogens (tertiary/aromatic N) is 2. The zero-order chi connectivity index (χ0) is 34.9. The molecule has 246 valence electrons. The Balaban J connectivity index is 1.12. The van der Waals surface area contributed by atoms with Gasteiger partial charge in [0.1, 0.15) is 0 Å². The third-order valence-electron chi connectivity index (χ3n) is 10.7. The molecule has 0 amide bonds. The summed E-state index contributed by atoms with van der Waals surface area (Å²) in [6.07, 6.45) is 0. The summed E-state index contributed by atoms with van der Waals surface area (Å²) in [7, 11) is 0. The lowest BCUT2D eigenvalue weighted by atomic mass is 9.89. The molecule has 0 bridgehead atoms. The molecule has 53 heavy (non-hydrogen) atoms. The highest BCUT2D eigenvalue weighted by atomic mass is 32.1. The van der Waals surface area contributed by atoms with E-state index in [9.17, 15) is 0 Å². The Kier molecular flexibility index (Phi) is 6.76. The van der Waals surface area contributed by atoms with Crippen molar-refractivity contribution in [1.29, 1.82) is 0 Å². The van der Waals surface area contributed by atoms with Gasteiger partial charge in [0.15, 0.2) is 5.82 Å². The van der Waals surface area contributed by atoms with Crippen LogP contribution in [0.4, 0.5) is 0 Å². The Morgan fingerprint density at radius 1 is 0.358 bits per heavy atom. The molecule has 2 nitrogen and oxygen atoms in total. The van der Waals surface area contributed by atoms with Crippen molar-refractivity contribution in [3.05, 3.63) is 182 Å². The van der Waals surface area contributed by atoms with E-state index in [1.165, 1.54) is 63.6 Å². The van der Waals surface area contributed by atoms with E-state index in [-0.39, 0.29) is 0 Å². The first-order chi connectivity index (χ1) is 26.3. The molecular formula is C50H30N2S. The molecule has 2 aromatic heterocycles. The topological polar surface area (TPSA) is 25.8 Å². The molecule has 0 spiro atoms. The number of fused-ring (bicyclic) bond motifs is 3. The van der Waals surface area contributed by atoms with Crippen molar-refractivity contribution < 1.29 is 0 Å². The first-order valence-electron chi connectivity index (χ1n) is 18.0. The van der Waals surface area contributed by atoms with Crippen molar-refractivity contribution in [2.45, 2.75) is 0 Å². The van der Waals surface area contributed by atoms with E-state index in [2.05, 4.69) is 158 Å². The van der Waals surface area contributed by atoms with Crippen LogP contribution in [0.15, 0.2) is 182 Å². The molecule has 0 saturated heterocycles. The van der Waals surface area contributed by atoms with Gasteiger partial charge in [-0.3, -0.25) is 0 Å². The highest BCUT2D eigenvalue weighted by molar-refractivity contribution is 7.26. The Morgan fingerprint density at radius 3 is 1.72 bits per heavy atom. The summed E-state index contributed by atoms with van der Waals surface area (Å²) in [5, 5.41) is 10.3. The minimum absolute atomic E-state index is 0.718. The summed E-state index contributed by atoms with van der Waals surface area (Å²) >= 11 is 1.84. The lowest BCUT2D eigenvalue weighted by molar-refractivity contribution is 1.19. The van der Waals surface area contributed by atoms with Crippen molar-refractivity contribution in [3.63, 3.8) is 0 Å². The summed E-state index contributed by atoms with van der Waals surface area (Å²) in [5.41, 5.74) is 9.78. The molecule has 3 heteroatoms. The first-order valence-corrected chi connectivity index (χ1v) is 18.8. The van der Waals surface area contributed by atoms with Crippen molar-refractivity contribution in [3.8, 4) is 56.2 Å². The van der Waals surface area contributed by atoms with Crippen LogP contribution in [-0.4, -0.2) is 9.97 Å². The van der Waals surface area contributed by atoms with Crippen LogP contribution >= 0.6 is 11.3 Å². The molecular weight excluding hydrogens is 661 g/mol. The molecule has 0 aliphatic heterocycles. The van der Waals surface area contributed by atoms with E-state index in [0.29, 0.717) is 0 Å². The molecule has 11 rings (SSSR count). The van der Waals surface area contributed by atoms with Crippen LogP contribution in [0.2, 0.25) is 0 Å². The Morgan fingerprint density at radius 2 is 0.943 bits per heavy atom. The molecule has 0 unspecified atom stereocenters. The third kappa shape index (κ3) is 4.86. The van der Waals surface area contributed by atoms with Gasteiger partial charge in [-0.1, -0.05) is 170 Å². The molecule has 0 N–H and O–H groups in total. The average Bonchev–Trinajstić information content (AvgIpc) is 3.62. The molecule has 0 atom stereocenters. The van der Waals surface area contributed by atoms with Gasteiger partial charge in [0.05, 0.1) is 11.4 Å². The van der Waals surface area contributed by atoms with Gasteiger partial charge in [0, 0.05) is 36.9 Å². The van der Waals surface area contributed by atoms with Crippen LogP contribution < -0.4 is 0 Å². The second-order valence-corrected chi connectivity index (χ2v) is 14.8. The quantitative estimate of drug-likeness (QED) is 0.168. The van der Waals surface area contributed by atoms with Crippen molar-refractivity contribution in [1.82, 2.24) is 9.97 Å². The molecule has 2 heterocycles. The summed E-state index contributed by atoms with van der Waals surface area (Å²) in [6, 6.07) is 65.5. The SMILES string of the molecule is c1ccc(-c2cc(-c3c(-c4ccc(-c5ccc6ccc7cccc8ccc5c6c78)cc4)ccc4c3sc3ccccc34)nc(-c3ccccc3)n2)cc1. The van der Waals surface area contributed by atoms with Gasteiger partial charge in [-0.25, -0.2) is 9.97 Å². The summed E-state index contributed by atoms with van der Waals surface area (Å²) < 4.78 is 2.50. The molecule has 0 aliphatic carbocycles. The normalized spacial score (nSPS) is 11.8. The predicted octanol–water partition coefficient (Wildman–Crippen LogP) is 14.1. The van der Waals surface area contributed by atoms with Gasteiger partial charge >= 0.3 is 0 Å². The van der Waals surface area contributed by atoms with Gasteiger partial charge in [-0.05, 0) is 66.7 Å². The van der Waals surface area contributed by atoms with Gasteiger partial charge in [0.2, 0.25) is 0 Å². The van der Waals surface area contributed by atoms with Crippen LogP contribution in [0.5, 0.6) is 0 Å². The van der Waals surface area contributed by atoms with Crippen LogP contribution in [0.25, 0.3) is 109 Å². The van der Waals surface area contributed by atoms with Crippen molar-refractivity contribution in [2.75, 3.05) is 0 Å². The largest absolute Gasteiger partial charge is 0.228 e. The van der Waals surface area contributed by atoms with E-state index in [1.54, 1.807) is 0 Å². The van der Waals surface area contributed by atoms with Crippen LogP contribution in [-0.2, 0) is 0 Å². The lowest BCUT2D eigenvalue weighted by Crippen LogP contribution is -1.97. The smallest absolute Gasteiger partial charge is 0.160 e. The Labute approximate surface area is 310 Å². The molecule has 0 fully saturated rings. The number of aromatic nitrogens is 2. The molecule has 0 saturated carbocycles. The number of hydrogen-bond donors (Lipinski definition) is 0. The van der Waals surface area contributed by atoms with Gasteiger partial charge in [0.25, 0.3) is 0 Å². The van der Waals surface area contributed by atoms with Gasteiger partial charge in [-0.2, -0.15) is 0 Å². The minimum atomic E-state index is 0.718. The van der Waals surface area contributed by atoms with Crippen LogP contribution in [0.1, 0.15) is 0 Å². The maximum Gasteiger partial charge on any atom is 0.160 e. The average molecular weight is 691 g/mol. The van der Waals surface area contributed by atoms with E-state index in [1.807, 2.05) is 35.6 Å². The standard InChI is InChI=1S/C50H30N2S/c1-3-10-33(11-4-1)43-30-44(52-50(51-43)37-12-5-2-6-13-37)48-39(28-29-42-40-16-7-8-17-45(40)53-49(42)48)32-20-18-31(19-21-32)38-26-24-36-23-22-34-14-9-15-35-25-27-41(38)47(36)46(34)35/h1-30H. The Bertz CT molecular complexity index is 3070. The number of benzene rings is 9. The second kappa shape index (κ2) is 11.9. The number of rotatable bonds is 5. The fourth-order valence-corrected chi connectivity index (χ4v) is 9.41. The predicted molar refractivity (Wildman–Crippen MR) is 226 cm³/mol. The molecule has 0 radical (unpaired) electrons. The zero-order valence-electron chi connectivity index (χ0n) is 28.6. The molecule has 0 aliphatic rings.